The molecule has 0 aromatic heterocycles. The first-order valence-corrected chi connectivity index (χ1v) is 7.18. The van der Waals surface area contributed by atoms with Gasteiger partial charge in [-0.25, -0.2) is 0 Å². The maximum Gasteiger partial charge on any atom is 0.262 e. The average molecular weight is 369 g/mol. The fraction of sp³-hybridized carbons (Fsp3) is 0.0667. The van der Waals surface area contributed by atoms with E-state index < -0.39 is 0 Å². The molecule has 4 nitrogen and oxygen atoms in total. The summed E-state index contributed by atoms with van der Waals surface area (Å²) in [4.78, 5) is 22.4. The maximum absolute atomic E-state index is 11.8. The molecule has 2 rings (SSSR count). The summed E-state index contributed by atoms with van der Waals surface area (Å²) in [7, 11) is 0. The zero-order valence-corrected chi connectivity index (χ0v) is 13.1. The van der Waals surface area contributed by atoms with Crippen molar-refractivity contribution in [1.29, 1.82) is 0 Å². The van der Waals surface area contributed by atoms with Gasteiger partial charge in [0.05, 0.1) is 5.02 Å². The van der Waals surface area contributed by atoms with Gasteiger partial charge in [0.15, 0.2) is 6.61 Å². The molecule has 0 saturated heterocycles. The lowest BCUT2D eigenvalue weighted by Crippen LogP contribution is -2.20. The molecule has 6 heteroatoms. The highest BCUT2D eigenvalue weighted by Crippen LogP contribution is 2.25. The van der Waals surface area contributed by atoms with Gasteiger partial charge in [-0.1, -0.05) is 33.6 Å². The van der Waals surface area contributed by atoms with Gasteiger partial charge in [0.2, 0.25) is 0 Å². The number of hydrogen-bond donors (Lipinski definition) is 1. The van der Waals surface area contributed by atoms with Crippen LogP contribution in [0.15, 0.2) is 46.9 Å². The zero-order chi connectivity index (χ0) is 15.2. The fourth-order valence-electron chi connectivity index (χ4n) is 1.61. The van der Waals surface area contributed by atoms with Gasteiger partial charge in [0.1, 0.15) is 12.0 Å². The van der Waals surface area contributed by atoms with Crippen molar-refractivity contribution in [2.45, 2.75) is 0 Å². The second-order valence-corrected chi connectivity index (χ2v) is 5.48. The average Bonchev–Trinajstić information content (AvgIpc) is 2.46. The number of hydrogen-bond acceptors (Lipinski definition) is 3. The molecule has 0 unspecified atom stereocenters. The molecule has 0 aliphatic carbocycles. The SMILES string of the molecule is O=Cc1ccc(OCC(=O)Nc2cccc(Br)c2)c(Cl)c1. The van der Waals surface area contributed by atoms with E-state index in [9.17, 15) is 9.59 Å². The predicted octanol–water partition coefficient (Wildman–Crippen LogP) is 3.93. The number of anilines is 1. The molecule has 1 amide bonds. The minimum atomic E-state index is -0.302. The van der Waals surface area contributed by atoms with Crippen molar-refractivity contribution in [3.05, 3.63) is 57.5 Å². The van der Waals surface area contributed by atoms with Crippen molar-refractivity contribution in [2.24, 2.45) is 0 Å². The summed E-state index contributed by atoms with van der Waals surface area (Å²) in [6, 6.07) is 11.8. The first kappa shape index (κ1) is 15.5. The third-order valence-electron chi connectivity index (χ3n) is 2.56. The zero-order valence-electron chi connectivity index (χ0n) is 10.8. The van der Waals surface area contributed by atoms with Gasteiger partial charge in [-0.05, 0) is 36.4 Å². The van der Waals surface area contributed by atoms with Crippen LogP contribution in [0.4, 0.5) is 5.69 Å². The fourth-order valence-corrected chi connectivity index (χ4v) is 2.26. The van der Waals surface area contributed by atoms with E-state index in [0.29, 0.717) is 23.3 Å². The highest BCUT2D eigenvalue weighted by molar-refractivity contribution is 9.10. The van der Waals surface area contributed by atoms with Crippen LogP contribution in [0.1, 0.15) is 10.4 Å². The van der Waals surface area contributed by atoms with Crippen molar-refractivity contribution in [1.82, 2.24) is 0 Å². The highest BCUT2D eigenvalue weighted by atomic mass is 79.9. The van der Waals surface area contributed by atoms with Crippen LogP contribution in [-0.4, -0.2) is 18.8 Å². The molecule has 0 spiro atoms. The van der Waals surface area contributed by atoms with Crippen LogP contribution in [0.2, 0.25) is 5.02 Å². The third kappa shape index (κ3) is 4.58. The van der Waals surface area contributed by atoms with Crippen molar-refractivity contribution in [3.63, 3.8) is 0 Å². The summed E-state index contributed by atoms with van der Waals surface area (Å²) in [5.41, 5.74) is 1.12. The number of ether oxygens (including phenoxy) is 1. The first-order valence-electron chi connectivity index (χ1n) is 6.01. The number of amides is 1. The number of halogens is 2. The normalized spacial score (nSPS) is 10.0. The molecule has 1 N–H and O–H groups in total. The molecular weight excluding hydrogens is 358 g/mol. The first-order chi connectivity index (χ1) is 10.1. The summed E-state index contributed by atoms with van der Waals surface area (Å²) in [6.07, 6.45) is 0.690. The van der Waals surface area contributed by atoms with Crippen molar-refractivity contribution in [2.75, 3.05) is 11.9 Å². The van der Waals surface area contributed by atoms with E-state index in [1.165, 1.54) is 6.07 Å². The molecule has 0 saturated carbocycles. The van der Waals surface area contributed by atoms with Gasteiger partial charge in [-0.2, -0.15) is 0 Å². The molecule has 0 radical (unpaired) electrons. The molecule has 0 atom stereocenters. The molecule has 0 heterocycles. The van der Waals surface area contributed by atoms with Crippen molar-refractivity contribution < 1.29 is 14.3 Å². The largest absolute Gasteiger partial charge is 0.482 e. The van der Waals surface area contributed by atoms with Crippen molar-refractivity contribution >= 4 is 45.4 Å². The molecule has 2 aromatic carbocycles. The van der Waals surface area contributed by atoms with Gasteiger partial charge in [0.25, 0.3) is 5.91 Å². The Morgan fingerprint density at radius 2 is 2.10 bits per heavy atom. The summed E-state index contributed by atoms with van der Waals surface area (Å²) in [5.74, 6) is 0.0512. The van der Waals surface area contributed by atoms with E-state index in [0.717, 1.165) is 4.47 Å². The van der Waals surface area contributed by atoms with Crippen LogP contribution in [-0.2, 0) is 4.79 Å². The third-order valence-corrected chi connectivity index (χ3v) is 3.35. The van der Waals surface area contributed by atoms with Gasteiger partial charge in [0, 0.05) is 15.7 Å². The summed E-state index contributed by atoms with van der Waals surface area (Å²) in [5, 5.41) is 2.99. The molecule has 108 valence electrons. The van der Waals surface area contributed by atoms with Crippen LogP contribution in [0.25, 0.3) is 0 Å². The molecule has 0 bridgehead atoms. The Morgan fingerprint density at radius 3 is 2.76 bits per heavy atom. The van der Waals surface area contributed by atoms with Crippen LogP contribution in [0, 0.1) is 0 Å². The predicted molar refractivity (Wildman–Crippen MR) is 85.1 cm³/mol. The molecule has 21 heavy (non-hydrogen) atoms. The second-order valence-electron chi connectivity index (χ2n) is 4.15. The van der Waals surface area contributed by atoms with Crippen LogP contribution in [0.3, 0.4) is 0 Å². The standard InChI is InChI=1S/C15H11BrClNO3/c16-11-2-1-3-12(7-11)18-15(20)9-21-14-5-4-10(8-19)6-13(14)17/h1-8H,9H2,(H,18,20). The number of carbonyl (C=O) groups excluding carboxylic acids is 2. The van der Waals surface area contributed by atoms with Gasteiger partial charge < -0.3 is 10.1 Å². The lowest BCUT2D eigenvalue weighted by atomic mass is 10.2. The van der Waals surface area contributed by atoms with E-state index in [2.05, 4.69) is 21.2 Å². The summed E-state index contributed by atoms with van der Waals surface area (Å²) < 4.78 is 6.20. The number of benzene rings is 2. The van der Waals surface area contributed by atoms with Gasteiger partial charge in [-0.3, -0.25) is 9.59 Å². The quantitative estimate of drug-likeness (QED) is 0.814. The lowest BCUT2D eigenvalue weighted by Gasteiger charge is -2.09. The van der Waals surface area contributed by atoms with Crippen LogP contribution >= 0.6 is 27.5 Å². The monoisotopic (exact) mass is 367 g/mol. The number of carbonyl (C=O) groups is 2. The number of rotatable bonds is 5. The summed E-state index contributed by atoms with van der Waals surface area (Å²) >= 11 is 9.27. The van der Waals surface area contributed by atoms with E-state index >= 15 is 0 Å². The number of aldehydes is 1. The Morgan fingerprint density at radius 1 is 1.29 bits per heavy atom. The van der Waals surface area contributed by atoms with E-state index in [1.807, 2.05) is 12.1 Å². The Bertz CT molecular complexity index is 676. The Kier molecular flexibility index (Phi) is 5.36. The topological polar surface area (TPSA) is 55.4 Å². The smallest absolute Gasteiger partial charge is 0.262 e. The minimum absolute atomic E-state index is 0.174. The Balaban J connectivity index is 1.93. The molecule has 0 aliphatic rings. The van der Waals surface area contributed by atoms with Gasteiger partial charge >= 0.3 is 0 Å². The number of nitrogens with one attached hydrogen (secondary N) is 1. The molecular formula is C15H11BrClNO3. The van der Waals surface area contributed by atoms with Crippen LogP contribution < -0.4 is 10.1 Å². The Labute approximate surface area is 135 Å². The van der Waals surface area contributed by atoms with E-state index in [1.54, 1.807) is 24.3 Å². The molecule has 0 fully saturated rings. The van der Waals surface area contributed by atoms with Crippen molar-refractivity contribution in [3.8, 4) is 5.75 Å². The van der Waals surface area contributed by atoms with E-state index in [4.69, 9.17) is 16.3 Å². The second kappa shape index (κ2) is 7.24. The maximum atomic E-state index is 11.8. The van der Waals surface area contributed by atoms with Crippen LogP contribution in [0.5, 0.6) is 5.75 Å². The van der Waals surface area contributed by atoms with Gasteiger partial charge in [-0.15, -0.1) is 0 Å². The molecule has 2 aromatic rings. The minimum Gasteiger partial charge on any atom is -0.482 e. The summed E-state index contributed by atoms with van der Waals surface area (Å²) in [6.45, 7) is -0.174. The molecule has 0 aliphatic heterocycles. The Hall–Kier alpha value is -1.85. The van der Waals surface area contributed by atoms with E-state index in [-0.39, 0.29) is 17.5 Å². The highest BCUT2D eigenvalue weighted by Gasteiger charge is 2.07. The lowest BCUT2D eigenvalue weighted by molar-refractivity contribution is -0.118.